The van der Waals surface area contributed by atoms with E-state index in [1.54, 1.807) is 6.20 Å². The van der Waals surface area contributed by atoms with E-state index in [0.717, 1.165) is 17.1 Å². The number of nitrogens with one attached hydrogen (secondary N) is 1. The van der Waals surface area contributed by atoms with Crippen molar-refractivity contribution in [1.82, 2.24) is 4.98 Å². The molecule has 1 aromatic heterocycles. The predicted molar refractivity (Wildman–Crippen MR) is 72.8 cm³/mol. The van der Waals surface area contributed by atoms with Gasteiger partial charge in [-0.15, -0.1) is 0 Å². The van der Waals surface area contributed by atoms with Gasteiger partial charge in [-0.1, -0.05) is 24.8 Å². The zero-order valence-corrected chi connectivity index (χ0v) is 10.2. The maximum Gasteiger partial charge on any atom is 0.0860 e. The zero-order chi connectivity index (χ0) is 12.3. The lowest BCUT2D eigenvalue weighted by atomic mass is 10.1. The van der Waals surface area contributed by atoms with E-state index in [0.29, 0.717) is 0 Å². The van der Waals surface area contributed by atoms with E-state index in [1.807, 2.05) is 37.3 Å². The second kappa shape index (κ2) is 4.83. The van der Waals surface area contributed by atoms with Gasteiger partial charge in [0.1, 0.15) is 0 Å². The van der Waals surface area contributed by atoms with E-state index < -0.39 is 0 Å². The molecule has 86 valence electrons. The van der Waals surface area contributed by atoms with Crippen LogP contribution >= 0.6 is 0 Å². The molecular weight excluding hydrogens is 208 g/mol. The molecule has 0 aliphatic carbocycles. The largest absolute Gasteiger partial charge is 0.354 e. The number of nitrogens with zero attached hydrogens (tertiary/aromatic N) is 1. The molecule has 17 heavy (non-hydrogen) atoms. The van der Waals surface area contributed by atoms with Crippen LogP contribution in [-0.4, -0.2) is 4.98 Å². The molecule has 0 bridgehead atoms. The Morgan fingerprint density at radius 2 is 1.94 bits per heavy atom. The second-order valence-corrected chi connectivity index (χ2v) is 4.14. The Morgan fingerprint density at radius 1 is 1.18 bits per heavy atom. The second-order valence-electron chi connectivity index (χ2n) is 4.14. The molecule has 1 N–H and O–H groups in total. The molecule has 0 radical (unpaired) electrons. The summed E-state index contributed by atoms with van der Waals surface area (Å²) < 4.78 is 0. The molecule has 0 amide bonds. The average Bonchev–Trinajstić information content (AvgIpc) is 2.32. The number of hydrogen-bond acceptors (Lipinski definition) is 2. The fraction of sp³-hybridized carbons (Fsp3) is 0.133. The van der Waals surface area contributed by atoms with Gasteiger partial charge in [-0.05, 0) is 43.2 Å². The number of rotatable bonds is 3. The quantitative estimate of drug-likeness (QED) is 0.858. The summed E-state index contributed by atoms with van der Waals surface area (Å²) in [6.45, 7) is 8.15. The SMILES string of the molecule is C=C(Nc1ccccc1C)c1cc(C)ccn1. The number of para-hydroxylation sites is 1. The van der Waals surface area contributed by atoms with Crippen molar-refractivity contribution in [3.05, 3.63) is 66.0 Å². The van der Waals surface area contributed by atoms with Gasteiger partial charge in [0.25, 0.3) is 0 Å². The Hall–Kier alpha value is -2.09. The van der Waals surface area contributed by atoms with Crippen LogP contribution < -0.4 is 5.32 Å². The lowest BCUT2D eigenvalue weighted by Gasteiger charge is -2.11. The highest BCUT2D eigenvalue weighted by molar-refractivity contribution is 5.74. The first-order valence-electron chi connectivity index (χ1n) is 5.61. The number of anilines is 1. The summed E-state index contributed by atoms with van der Waals surface area (Å²) in [5, 5.41) is 3.30. The smallest absolute Gasteiger partial charge is 0.0860 e. The number of benzene rings is 1. The summed E-state index contributed by atoms with van der Waals surface area (Å²) in [6, 6.07) is 12.1. The van der Waals surface area contributed by atoms with Crippen molar-refractivity contribution in [2.45, 2.75) is 13.8 Å². The summed E-state index contributed by atoms with van der Waals surface area (Å²) in [6.07, 6.45) is 1.80. The summed E-state index contributed by atoms with van der Waals surface area (Å²) in [5.41, 5.74) is 5.15. The number of pyridine rings is 1. The molecule has 1 aromatic carbocycles. The van der Waals surface area contributed by atoms with Gasteiger partial charge in [-0.3, -0.25) is 4.98 Å². The maximum absolute atomic E-state index is 4.30. The van der Waals surface area contributed by atoms with Crippen molar-refractivity contribution >= 4 is 11.4 Å². The van der Waals surface area contributed by atoms with Crippen LogP contribution in [-0.2, 0) is 0 Å². The summed E-state index contributed by atoms with van der Waals surface area (Å²) in [7, 11) is 0. The first kappa shape index (κ1) is 11.4. The third-order valence-corrected chi connectivity index (χ3v) is 2.66. The van der Waals surface area contributed by atoms with Gasteiger partial charge < -0.3 is 5.32 Å². The van der Waals surface area contributed by atoms with Crippen molar-refractivity contribution < 1.29 is 0 Å². The Morgan fingerprint density at radius 3 is 2.65 bits per heavy atom. The third-order valence-electron chi connectivity index (χ3n) is 2.66. The molecule has 0 saturated heterocycles. The van der Waals surface area contributed by atoms with Gasteiger partial charge in [0, 0.05) is 11.9 Å². The molecule has 2 nitrogen and oxygen atoms in total. The van der Waals surface area contributed by atoms with Crippen molar-refractivity contribution in [2.75, 3.05) is 5.32 Å². The normalized spacial score (nSPS) is 10.0. The monoisotopic (exact) mass is 224 g/mol. The van der Waals surface area contributed by atoms with E-state index in [9.17, 15) is 0 Å². The molecule has 2 heteroatoms. The van der Waals surface area contributed by atoms with Crippen LogP contribution in [0.5, 0.6) is 0 Å². The molecule has 0 saturated carbocycles. The summed E-state index contributed by atoms with van der Waals surface area (Å²) >= 11 is 0. The summed E-state index contributed by atoms with van der Waals surface area (Å²) in [4.78, 5) is 4.30. The van der Waals surface area contributed by atoms with Gasteiger partial charge in [0.15, 0.2) is 0 Å². The predicted octanol–water partition coefficient (Wildman–Crippen LogP) is 3.78. The minimum atomic E-state index is 0.822. The van der Waals surface area contributed by atoms with Crippen molar-refractivity contribution in [3.63, 3.8) is 0 Å². The lowest BCUT2D eigenvalue weighted by Crippen LogP contribution is -2.01. The highest BCUT2D eigenvalue weighted by Gasteiger charge is 2.02. The van der Waals surface area contributed by atoms with Crippen molar-refractivity contribution in [2.24, 2.45) is 0 Å². The third kappa shape index (κ3) is 2.72. The molecule has 0 aliphatic heterocycles. The lowest BCUT2D eigenvalue weighted by molar-refractivity contribution is 1.24. The van der Waals surface area contributed by atoms with Crippen LogP contribution in [0.1, 0.15) is 16.8 Å². The highest BCUT2D eigenvalue weighted by atomic mass is 14.9. The first-order valence-corrected chi connectivity index (χ1v) is 5.61. The van der Waals surface area contributed by atoms with Crippen molar-refractivity contribution in [3.8, 4) is 0 Å². The fourth-order valence-corrected chi connectivity index (χ4v) is 1.64. The Balaban J connectivity index is 2.20. The van der Waals surface area contributed by atoms with Gasteiger partial charge in [-0.25, -0.2) is 0 Å². The topological polar surface area (TPSA) is 24.9 Å². The van der Waals surface area contributed by atoms with E-state index in [4.69, 9.17) is 0 Å². The molecule has 2 rings (SSSR count). The number of aryl methyl sites for hydroxylation is 2. The molecule has 2 aromatic rings. The minimum Gasteiger partial charge on any atom is -0.354 e. The van der Waals surface area contributed by atoms with Crippen LogP contribution in [0.15, 0.2) is 49.2 Å². The van der Waals surface area contributed by atoms with Gasteiger partial charge >= 0.3 is 0 Å². The zero-order valence-electron chi connectivity index (χ0n) is 10.2. The van der Waals surface area contributed by atoms with Crippen LogP contribution in [0, 0.1) is 13.8 Å². The van der Waals surface area contributed by atoms with Crippen molar-refractivity contribution in [1.29, 1.82) is 0 Å². The molecule has 0 unspecified atom stereocenters. The van der Waals surface area contributed by atoms with Crippen LogP contribution in [0.4, 0.5) is 5.69 Å². The molecule has 0 atom stereocenters. The Labute approximate surface area is 102 Å². The van der Waals surface area contributed by atoms with E-state index in [-0.39, 0.29) is 0 Å². The Kier molecular flexibility index (Phi) is 3.24. The summed E-state index contributed by atoms with van der Waals surface area (Å²) in [5.74, 6) is 0. The average molecular weight is 224 g/mol. The molecule has 0 aliphatic rings. The Bertz CT molecular complexity index is 544. The number of aromatic nitrogens is 1. The minimum absolute atomic E-state index is 0.822. The van der Waals surface area contributed by atoms with Gasteiger partial charge in [-0.2, -0.15) is 0 Å². The van der Waals surface area contributed by atoms with E-state index in [1.165, 1.54) is 11.1 Å². The van der Waals surface area contributed by atoms with Crippen LogP contribution in [0.25, 0.3) is 5.70 Å². The molecule has 1 heterocycles. The fourth-order valence-electron chi connectivity index (χ4n) is 1.64. The van der Waals surface area contributed by atoms with Crippen LogP contribution in [0.2, 0.25) is 0 Å². The highest BCUT2D eigenvalue weighted by Crippen LogP contribution is 2.19. The van der Waals surface area contributed by atoms with Gasteiger partial charge in [0.2, 0.25) is 0 Å². The molecule has 0 spiro atoms. The van der Waals surface area contributed by atoms with E-state index in [2.05, 4.69) is 29.9 Å². The van der Waals surface area contributed by atoms with Crippen LogP contribution in [0.3, 0.4) is 0 Å². The van der Waals surface area contributed by atoms with E-state index >= 15 is 0 Å². The first-order chi connectivity index (χ1) is 8.16. The molecule has 0 fully saturated rings. The molecular formula is C15H16N2. The standard InChI is InChI=1S/C15H16N2/c1-11-8-9-16-15(10-11)13(3)17-14-7-5-4-6-12(14)2/h4-10,17H,3H2,1-2H3. The maximum atomic E-state index is 4.30. The number of hydrogen-bond donors (Lipinski definition) is 1. The van der Waals surface area contributed by atoms with Gasteiger partial charge in [0.05, 0.1) is 11.4 Å².